The highest BCUT2D eigenvalue weighted by molar-refractivity contribution is 7.15. The number of rotatable bonds is 7. The molecule has 0 spiro atoms. The molecule has 1 aromatic carbocycles. The molecule has 7 nitrogen and oxygen atoms in total. The third-order valence-corrected chi connectivity index (χ3v) is 6.25. The average molecular weight is 432 g/mol. The van der Waals surface area contributed by atoms with Gasteiger partial charge in [-0.25, -0.2) is 4.98 Å². The molecule has 1 atom stereocenters. The minimum atomic E-state index is -0.696. The minimum absolute atomic E-state index is 0.0979. The van der Waals surface area contributed by atoms with Gasteiger partial charge in [-0.2, -0.15) is 0 Å². The molecule has 2 N–H and O–H groups in total. The summed E-state index contributed by atoms with van der Waals surface area (Å²) in [5.74, 6) is 0.288. The lowest BCUT2D eigenvalue weighted by molar-refractivity contribution is -0.118. The van der Waals surface area contributed by atoms with Crippen LogP contribution in [-0.2, 0) is 17.6 Å². The van der Waals surface area contributed by atoms with Gasteiger partial charge < -0.3 is 20.1 Å². The van der Waals surface area contributed by atoms with Gasteiger partial charge in [0.15, 0.2) is 5.13 Å². The summed E-state index contributed by atoms with van der Waals surface area (Å²) in [6.07, 6.45) is 5.51. The van der Waals surface area contributed by atoms with Crippen molar-refractivity contribution in [1.82, 2.24) is 10.3 Å². The Bertz CT molecular complexity index is 864. The maximum absolute atomic E-state index is 12.9. The Morgan fingerprint density at radius 1 is 1.03 bits per heavy atom. The van der Waals surface area contributed by atoms with Crippen LogP contribution in [0.5, 0.6) is 11.5 Å². The van der Waals surface area contributed by atoms with E-state index in [1.807, 2.05) is 13.8 Å². The molecular weight excluding hydrogens is 402 g/mol. The van der Waals surface area contributed by atoms with Crippen LogP contribution in [0.25, 0.3) is 0 Å². The van der Waals surface area contributed by atoms with Crippen molar-refractivity contribution in [2.45, 2.75) is 52.0 Å². The van der Waals surface area contributed by atoms with E-state index in [0.29, 0.717) is 22.2 Å². The van der Waals surface area contributed by atoms with Gasteiger partial charge in [0.05, 0.1) is 19.9 Å². The number of anilines is 1. The van der Waals surface area contributed by atoms with Crippen molar-refractivity contribution in [2.24, 2.45) is 5.92 Å². The zero-order chi connectivity index (χ0) is 21.7. The highest BCUT2D eigenvalue weighted by atomic mass is 32.1. The van der Waals surface area contributed by atoms with Crippen LogP contribution < -0.4 is 20.1 Å². The molecule has 2 aromatic rings. The monoisotopic (exact) mass is 431 g/mol. The SMILES string of the molecule is COc1cc(OC)cc(C(=O)N[C@H](C(=O)Nc2nc3c(s2)CCCCC3)C(C)C)c1. The Kier molecular flexibility index (Phi) is 7.31. The van der Waals surface area contributed by atoms with Crippen LogP contribution in [0.3, 0.4) is 0 Å². The number of aromatic nitrogens is 1. The topological polar surface area (TPSA) is 89.5 Å². The van der Waals surface area contributed by atoms with E-state index in [-0.39, 0.29) is 17.7 Å². The van der Waals surface area contributed by atoms with E-state index in [4.69, 9.17) is 9.47 Å². The molecule has 0 fully saturated rings. The second-order valence-corrected chi connectivity index (χ2v) is 8.82. The molecule has 0 radical (unpaired) electrons. The van der Waals surface area contributed by atoms with Crippen LogP contribution >= 0.6 is 11.3 Å². The second-order valence-electron chi connectivity index (χ2n) is 7.74. The fourth-order valence-electron chi connectivity index (χ4n) is 3.46. The molecule has 2 amide bonds. The first kappa shape index (κ1) is 22.1. The lowest BCUT2D eigenvalue weighted by Gasteiger charge is -2.21. The summed E-state index contributed by atoms with van der Waals surface area (Å²) in [7, 11) is 3.05. The largest absolute Gasteiger partial charge is 0.497 e. The van der Waals surface area contributed by atoms with Crippen LogP contribution in [0.2, 0.25) is 0 Å². The summed E-state index contributed by atoms with van der Waals surface area (Å²) < 4.78 is 10.5. The zero-order valence-corrected chi connectivity index (χ0v) is 18.7. The molecule has 0 unspecified atom stereocenters. The maximum atomic E-state index is 12.9. The zero-order valence-electron chi connectivity index (χ0n) is 17.9. The van der Waals surface area contributed by atoms with Gasteiger partial charge >= 0.3 is 0 Å². The number of carbonyl (C=O) groups excluding carboxylic acids is 2. The molecule has 1 aromatic heterocycles. The highest BCUT2D eigenvalue weighted by Crippen LogP contribution is 2.29. The summed E-state index contributed by atoms with van der Waals surface area (Å²) in [6, 6.07) is 4.23. The number of hydrogen-bond acceptors (Lipinski definition) is 6. The Morgan fingerprint density at radius 3 is 2.33 bits per heavy atom. The summed E-state index contributed by atoms with van der Waals surface area (Å²) in [4.78, 5) is 31.7. The molecule has 0 saturated heterocycles. The molecule has 0 bridgehead atoms. The van der Waals surface area contributed by atoms with Crippen molar-refractivity contribution >= 4 is 28.3 Å². The minimum Gasteiger partial charge on any atom is -0.497 e. The van der Waals surface area contributed by atoms with Gasteiger partial charge in [0.1, 0.15) is 17.5 Å². The second kappa shape index (κ2) is 9.93. The fourth-order valence-corrected chi connectivity index (χ4v) is 4.52. The van der Waals surface area contributed by atoms with E-state index in [1.54, 1.807) is 29.5 Å². The smallest absolute Gasteiger partial charge is 0.252 e. The summed E-state index contributed by atoms with van der Waals surface area (Å²) in [5.41, 5.74) is 1.46. The Morgan fingerprint density at radius 2 is 1.70 bits per heavy atom. The van der Waals surface area contributed by atoms with Crippen molar-refractivity contribution in [3.05, 3.63) is 34.3 Å². The van der Waals surface area contributed by atoms with E-state index in [9.17, 15) is 9.59 Å². The number of carbonyl (C=O) groups is 2. The number of ether oxygens (including phenoxy) is 2. The van der Waals surface area contributed by atoms with Gasteiger partial charge in [0, 0.05) is 16.5 Å². The number of amides is 2. The van der Waals surface area contributed by atoms with E-state index in [1.165, 1.54) is 25.5 Å². The summed E-state index contributed by atoms with van der Waals surface area (Å²) in [6.45, 7) is 3.79. The van der Waals surface area contributed by atoms with Crippen molar-refractivity contribution < 1.29 is 19.1 Å². The lowest BCUT2D eigenvalue weighted by atomic mass is 10.0. The number of aryl methyl sites for hydroxylation is 2. The summed E-state index contributed by atoms with van der Waals surface area (Å²) >= 11 is 1.54. The molecule has 1 aliphatic carbocycles. The number of hydrogen-bond donors (Lipinski definition) is 2. The number of benzene rings is 1. The van der Waals surface area contributed by atoms with Crippen LogP contribution in [0.4, 0.5) is 5.13 Å². The van der Waals surface area contributed by atoms with Crippen LogP contribution in [-0.4, -0.2) is 37.1 Å². The Labute approximate surface area is 181 Å². The predicted molar refractivity (Wildman–Crippen MR) is 118 cm³/mol. The van der Waals surface area contributed by atoms with Gasteiger partial charge in [0.2, 0.25) is 5.91 Å². The number of fused-ring (bicyclic) bond motifs is 1. The summed E-state index contributed by atoms with van der Waals surface area (Å²) in [5, 5.41) is 6.36. The first-order valence-electron chi connectivity index (χ1n) is 10.2. The molecule has 3 rings (SSSR count). The van der Waals surface area contributed by atoms with Gasteiger partial charge in [0.25, 0.3) is 5.91 Å². The fraction of sp³-hybridized carbons (Fsp3) is 0.500. The number of thiazole rings is 1. The molecule has 162 valence electrons. The van der Waals surface area contributed by atoms with Crippen molar-refractivity contribution in [3.63, 3.8) is 0 Å². The third kappa shape index (κ3) is 5.30. The third-order valence-electron chi connectivity index (χ3n) is 5.18. The van der Waals surface area contributed by atoms with E-state index < -0.39 is 6.04 Å². The van der Waals surface area contributed by atoms with E-state index >= 15 is 0 Å². The Balaban J connectivity index is 1.72. The molecule has 1 heterocycles. The molecular formula is C22H29N3O4S. The molecule has 0 saturated carbocycles. The maximum Gasteiger partial charge on any atom is 0.252 e. The van der Waals surface area contributed by atoms with Gasteiger partial charge in [-0.3, -0.25) is 9.59 Å². The first-order chi connectivity index (χ1) is 14.4. The lowest BCUT2D eigenvalue weighted by Crippen LogP contribution is -2.47. The highest BCUT2D eigenvalue weighted by Gasteiger charge is 2.26. The van der Waals surface area contributed by atoms with E-state index in [2.05, 4.69) is 15.6 Å². The van der Waals surface area contributed by atoms with Crippen LogP contribution in [0.15, 0.2) is 18.2 Å². The van der Waals surface area contributed by atoms with Crippen LogP contribution in [0, 0.1) is 5.92 Å². The normalized spacial score (nSPS) is 14.4. The van der Waals surface area contributed by atoms with E-state index in [0.717, 1.165) is 31.4 Å². The van der Waals surface area contributed by atoms with Crippen LogP contribution in [0.1, 0.15) is 54.0 Å². The first-order valence-corrected chi connectivity index (χ1v) is 11.1. The van der Waals surface area contributed by atoms with Crippen molar-refractivity contribution in [3.8, 4) is 11.5 Å². The van der Waals surface area contributed by atoms with Gasteiger partial charge in [-0.1, -0.05) is 20.3 Å². The number of methoxy groups -OCH3 is 2. The predicted octanol–water partition coefficient (Wildman–Crippen LogP) is 3.82. The van der Waals surface area contributed by atoms with Gasteiger partial charge in [-0.15, -0.1) is 11.3 Å². The molecule has 1 aliphatic rings. The molecule has 8 heteroatoms. The number of nitrogens with zero attached hydrogens (tertiary/aromatic N) is 1. The van der Waals surface area contributed by atoms with Gasteiger partial charge in [-0.05, 0) is 43.7 Å². The average Bonchev–Trinajstić information content (AvgIpc) is 2.98. The van der Waals surface area contributed by atoms with Crippen molar-refractivity contribution in [2.75, 3.05) is 19.5 Å². The van der Waals surface area contributed by atoms with Crippen molar-refractivity contribution in [1.29, 1.82) is 0 Å². The molecule has 0 aliphatic heterocycles. The Hall–Kier alpha value is -2.61. The quantitative estimate of drug-likeness (QED) is 0.651. The standard InChI is InChI=1S/C22H29N3O4S/c1-13(2)19(24-20(26)14-10-15(28-3)12-16(11-14)29-4)21(27)25-22-23-17-8-6-5-7-9-18(17)30-22/h10-13,19H,5-9H2,1-4H3,(H,24,26)(H,23,25,27)/t19-/m0/s1. The number of nitrogens with one attached hydrogen (secondary N) is 2. The molecule has 30 heavy (non-hydrogen) atoms.